The van der Waals surface area contributed by atoms with Gasteiger partial charge < -0.3 is 9.53 Å². The summed E-state index contributed by atoms with van der Waals surface area (Å²) >= 11 is 0. The maximum absolute atomic E-state index is 11.0. The molecule has 0 rings (SSSR count). The van der Waals surface area contributed by atoms with Gasteiger partial charge >= 0.3 is 5.97 Å². The molecule has 0 fully saturated rings. The summed E-state index contributed by atoms with van der Waals surface area (Å²) in [4.78, 5) is 23.7. The zero-order chi connectivity index (χ0) is 9.61. The number of hydrogen-bond acceptors (Lipinski definition) is 4. The van der Waals surface area contributed by atoms with Crippen molar-refractivity contribution in [3.8, 4) is 0 Å². The topological polar surface area (TPSA) is 92.1 Å². The Morgan fingerprint density at radius 1 is 1.83 bits per heavy atom. The summed E-state index contributed by atoms with van der Waals surface area (Å²) in [6, 6.07) is 0. The van der Waals surface area contributed by atoms with Crippen molar-refractivity contribution in [3.05, 3.63) is 10.4 Å². The van der Waals surface area contributed by atoms with Crippen LogP contribution in [-0.2, 0) is 14.3 Å². The van der Waals surface area contributed by atoms with Crippen LogP contribution in [-0.4, -0.2) is 24.4 Å². The van der Waals surface area contributed by atoms with E-state index in [2.05, 4.69) is 14.8 Å². The number of hydrogen-bond donors (Lipinski definition) is 0. The van der Waals surface area contributed by atoms with E-state index in [-0.39, 0.29) is 12.9 Å². The van der Waals surface area contributed by atoms with Crippen LogP contribution in [0.5, 0.6) is 0 Å². The van der Waals surface area contributed by atoms with E-state index in [0.29, 0.717) is 0 Å². The number of carbonyl (C=O) groups is 2. The molecule has 1 atom stereocenters. The highest BCUT2D eigenvalue weighted by molar-refractivity contribution is 5.97. The molecule has 0 aromatic carbocycles. The Labute approximate surface area is 69.1 Å². The molecule has 6 heteroatoms. The van der Waals surface area contributed by atoms with Crippen molar-refractivity contribution in [2.45, 2.75) is 19.4 Å². The van der Waals surface area contributed by atoms with Gasteiger partial charge in [0.05, 0.1) is 6.61 Å². The summed E-state index contributed by atoms with van der Waals surface area (Å²) in [5.74, 6) is -0.835. The monoisotopic (exact) mass is 171 g/mol. The predicted molar refractivity (Wildman–Crippen MR) is 40.2 cm³/mol. The average molecular weight is 171 g/mol. The van der Waals surface area contributed by atoms with E-state index in [4.69, 9.17) is 5.53 Å². The molecule has 1 unspecified atom stereocenters. The minimum atomic E-state index is -1.73. The zero-order valence-electron chi connectivity index (χ0n) is 6.85. The summed E-state index contributed by atoms with van der Waals surface area (Å²) in [6.45, 7) is 2.93. The van der Waals surface area contributed by atoms with Crippen molar-refractivity contribution < 1.29 is 14.3 Å². The standard InChI is InChI=1S/C6H9N3O3/c1-3-12-5(11)6(2,4-10)8-9-7/h4H,3H2,1-2H3. The highest BCUT2D eigenvalue weighted by Crippen LogP contribution is 2.09. The minimum Gasteiger partial charge on any atom is -0.465 e. The van der Waals surface area contributed by atoms with Gasteiger partial charge in [-0.3, -0.25) is 4.79 Å². The van der Waals surface area contributed by atoms with Gasteiger partial charge in [-0.05, 0) is 19.4 Å². The molecular weight excluding hydrogens is 162 g/mol. The molecule has 0 N–H and O–H groups in total. The first-order valence-electron chi connectivity index (χ1n) is 3.30. The van der Waals surface area contributed by atoms with Crippen LogP contribution in [0.3, 0.4) is 0 Å². The van der Waals surface area contributed by atoms with E-state index in [9.17, 15) is 9.59 Å². The molecule has 0 spiro atoms. The lowest BCUT2D eigenvalue weighted by Gasteiger charge is -2.13. The lowest BCUT2D eigenvalue weighted by atomic mass is 10.1. The Morgan fingerprint density at radius 3 is 2.75 bits per heavy atom. The maximum Gasteiger partial charge on any atom is 0.325 e. The second kappa shape index (κ2) is 4.35. The van der Waals surface area contributed by atoms with Crippen LogP contribution in [0.25, 0.3) is 10.4 Å². The molecule has 0 radical (unpaired) electrons. The Hall–Kier alpha value is -1.55. The molecule has 0 aliphatic carbocycles. The molecule has 6 nitrogen and oxygen atoms in total. The van der Waals surface area contributed by atoms with E-state index in [1.54, 1.807) is 6.92 Å². The summed E-state index contributed by atoms with van der Waals surface area (Å²) < 4.78 is 4.52. The van der Waals surface area contributed by atoms with E-state index in [1.807, 2.05) is 0 Å². The fourth-order valence-corrected chi connectivity index (χ4v) is 0.483. The van der Waals surface area contributed by atoms with Gasteiger partial charge in [-0.25, -0.2) is 0 Å². The maximum atomic E-state index is 11.0. The third-order valence-electron chi connectivity index (χ3n) is 1.17. The normalized spacial score (nSPS) is 13.8. The largest absolute Gasteiger partial charge is 0.465 e. The highest BCUT2D eigenvalue weighted by Gasteiger charge is 2.33. The predicted octanol–water partition coefficient (Wildman–Crippen LogP) is 0.817. The smallest absolute Gasteiger partial charge is 0.325 e. The van der Waals surface area contributed by atoms with Gasteiger partial charge in [-0.2, -0.15) is 0 Å². The second-order valence-corrected chi connectivity index (χ2v) is 2.18. The fourth-order valence-electron chi connectivity index (χ4n) is 0.483. The quantitative estimate of drug-likeness (QED) is 0.156. The van der Waals surface area contributed by atoms with Crippen molar-refractivity contribution in [1.82, 2.24) is 0 Å². The van der Waals surface area contributed by atoms with Crippen LogP contribution in [0.2, 0.25) is 0 Å². The molecule has 66 valence electrons. The van der Waals surface area contributed by atoms with Gasteiger partial charge in [0.2, 0.25) is 0 Å². The lowest BCUT2D eigenvalue weighted by molar-refractivity contribution is -0.150. The van der Waals surface area contributed by atoms with Crippen molar-refractivity contribution >= 4 is 12.3 Å². The molecule has 0 saturated heterocycles. The molecule has 0 aromatic heterocycles. The van der Waals surface area contributed by atoms with Crippen molar-refractivity contribution in [3.63, 3.8) is 0 Å². The number of carbonyl (C=O) groups excluding carboxylic acids is 2. The third-order valence-corrected chi connectivity index (χ3v) is 1.17. The van der Waals surface area contributed by atoms with Crippen LogP contribution < -0.4 is 0 Å². The molecule has 0 aliphatic heterocycles. The van der Waals surface area contributed by atoms with Crippen LogP contribution in [0.4, 0.5) is 0 Å². The van der Waals surface area contributed by atoms with E-state index in [1.165, 1.54) is 6.92 Å². The highest BCUT2D eigenvalue weighted by atomic mass is 16.5. The van der Waals surface area contributed by atoms with Gasteiger partial charge in [0.15, 0.2) is 5.54 Å². The zero-order valence-corrected chi connectivity index (χ0v) is 6.85. The Morgan fingerprint density at radius 2 is 2.42 bits per heavy atom. The number of nitrogens with zero attached hydrogens (tertiary/aromatic N) is 3. The molecule has 0 saturated carbocycles. The fraction of sp³-hybridized carbons (Fsp3) is 0.667. The molecule has 0 bridgehead atoms. The molecule has 12 heavy (non-hydrogen) atoms. The van der Waals surface area contributed by atoms with Crippen molar-refractivity contribution in [2.75, 3.05) is 6.61 Å². The van der Waals surface area contributed by atoms with Crippen molar-refractivity contribution in [1.29, 1.82) is 0 Å². The summed E-state index contributed by atoms with van der Waals surface area (Å²) in [7, 11) is 0. The molecule has 0 aliphatic rings. The van der Waals surface area contributed by atoms with Gasteiger partial charge in [-0.15, -0.1) is 0 Å². The van der Waals surface area contributed by atoms with Crippen LogP contribution in [0.15, 0.2) is 5.11 Å². The number of rotatable bonds is 4. The number of ether oxygens (including phenoxy) is 1. The van der Waals surface area contributed by atoms with Crippen LogP contribution >= 0.6 is 0 Å². The first kappa shape index (κ1) is 10.4. The minimum absolute atomic E-state index is 0.142. The molecular formula is C6H9N3O3. The van der Waals surface area contributed by atoms with Crippen LogP contribution in [0, 0.1) is 0 Å². The first-order valence-corrected chi connectivity index (χ1v) is 3.30. The Bertz CT molecular complexity index is 234. The molecule has 0 heterocycles. The molecule has 0 aromatic rings. The average Bonchev–Trinajstić information content (AvgIpc) is 2.05. The third kappa shape index (κ3) is 2.25. The lowest BCUT2D eigenvalue weighted by Crippen LogP contribution is -2.36. The van der Waals surface area contributed by atoms with Crippen LogP contribution in [0.1, 0.15) is 13.8 Å². The van der Waals surface area contributed by atoms with E-state index >= 15 is 0 Å². The van der Waals surface area contributed by atoms with Crippen molar-refractivity contribution in [2.24, 2.45) is 5.11 Å². The molecule has 0 amide bonds. The summed E-state index contributed by atoms with van der Waals surface area (Å²) in [5.41, 5.74) is 6.31. The summed E-state index contributed by atoms with van der Waals surface area (Å²) in [5, 5.41) is 3.03. The first-order chi connectivity index (χ1) is 5.60. The Balaban J connectivity index is 4.62. The van der Waals surface area contributed by atoms with Gasteiger partial charge in [0, 0.05) is 4.91 Å². The second-order valence-electron chi connectivity index (χ2n) is 2.18. The SMILES string of the molecule is CCOC(=O)C(C)(C=O)N=[N+]=[N-]. The van der Waals surface area contributed by atoms with Gasteiger partial charge in [0.1, 0.15) is 6.29 Å². The van der Waals surface area contributed by atoms with E-state index in [0.717, 1.165) is 0 Å². The van der Waals surface area contributed by atoms with Gasteiger partial charge in [-0.1, -0.05) is 5.11 Å². The van der Waals surface area contributed by atoms with Gasteiger partial charge in [0.25, 0.3) is 0 Å². The number of aldehydes is 1. The van der Waals surface area contributed by atoms with E-state index < -0.39 is 11.5 Å². The summed E-state index contributed by atoms with van der Waals surface area (Å²) in [6.07, 6.45) is 0.255. The number of azide groups is 1. The number of esters is 1. The Kier molecular flexibility index (Phi) is 3.79.